The molecule has 0 saturated heterocycles. The van der Waals surface area contributed by atoms with Crippen LogP contribution in [0.3, 0.4) is 0 Å². The topological polar surface area (TPSA) is 151 Å². The molecule has 1 aliphatic carbocycles. The van der Waals surface area contributed by atoms with E-state index in [2.05, 4.69) is 20.9 Å². The average Bonchev–Trinajstić information content (AvgIpc) is 3.42. The molecule has 0 aliphatic heterocycles. The summed E-state index contributed by atoms with van der Waals surface area (Å²) >= 11 is 1.28. The van der Waals surface area contributed by atoms with Gasteiger partial charge in [-0.15, -0.1) is 11.3 Å². The molecule has 1 unspecified atom stereocenters. The number of aromatic nitrogens is 1. The third-order valence-corrected chi connectivity index (χ3v) is 8.20. The number of carbonyl (C=O) groups is 4. The Kier molecular flexibility index (Phi) is 10.9. The highest BCUT2D eigenvalue weighted by Crippen LogP contribution is 2.36. The minimum absolute atomic E-state index is 0.00725. The summed E-state index contributed by atoms with van der Waals surface area (Å²) in [5.41, 5.74) is 0.634. The number of hydrogen-bond acceptors (Lipinski definition) is 8. The largest absolute Gasteiger partial charge is 0.344 e. The zero-order chi connectivity index (χ0) is 29.3. The van der Waals surface area contributed by atoms with Gasteiger partial charge in [0.1, 0.15) is 26.9 Å². The van der Waals surface area contributed by atoms with Crippen molar-refractivity contribution in [2.24, 2.45) is 5.92 Å². The Morgan fingerprint density at radius 3 is 2.48 bits per heavy atom. The first-order chi connectivity index (χ1) is 18.8. The molecule has 3 atom stereocenters. The molecule has 10 nitrogen and oxygen atoms in total. The number of carbonyl (C=O) groups excluding carboxylic acids is 4. The van der Waals surface area contributed by atoms with Gasteiger partial charge in [-0.1, -0.05) is 30.3 Å². The zero-order valence-corrected chi connectivity index (χ0v) is 23.5. The highest BCUT2D eigenvalue weighted by Gasteiger charge is 2.40. The number of hydrogen-bond donors (Lipinski definition) is 3. The van der Waals surface area contributed by atoms with E-state index in [-0.39, 0.29) is 38.6 Å². The number of alkyl halides is 2. The van der Waals surface area contributed by atoms with Gasteiger partial charge < -0.3 is 16.0 Å². The SMILES string of the molecule is CS(=O)(=O)CC[C@@H](NC(=O)C1CCCC(F)(F)C1)C(=O)N[C@H](Cc1ccccc1)C(=O)C(=O)NCc1nccs1. The maximum Gasteiger partial charge on any atom is 0.289 e. The molecular formula is C26H32F2N4O6S2. The first-order valence-electron chi connectivity index (χ1n) is 12.7. The van der Waals surface area contributed by atoms with E-state index >= 15 is 0 Å². The van der Waals surface area contributed by atoms with Crippen molar-refractivity contribution < 1.29 is 36.4 Å². The van der Waals surface area contributed by atoms with E-state index in [9.17, 15) is 36.4 Å². The third kappa shape index (κ3) is 10.0. The number of thiazole rings is 1. The molecule has 3 amide bonds. The standard InChI is InChI=1S/C26H32F2N4O6S2/c1-40(37,38)13-9-19(31-23(34)18-8-5-10-26(27,28)15-18)24(35)32-20(14-17-6-3-2-4-7-17)22(33)25(36)30-16-21-29-11-12-39-21/h2-4,6-7,11-12,18-20H,5,8-10,13-16H2,1H3,(H,30,36)(H,31,34)(H,32,35)/t18?,19-,20-/m1/s1. The molecule has 218 valence electrons. The number of benzene rings is 1. The second-order valence-electron chi connectivity index (χ2n) is 9.85. The lowest BCUT2D eigenvalue weighted by molar-refractivity contribution is -0.141. The van der Waals surface area contributed by atoms with Crippen molar-refractivity contribution in [3.8, 4) is 0 Å². The van der Waals surface area contributed by atoms with Crippen LogP contribution >= 0.6 is 11.3 Å². The Labute approximate surface area is 235 Å². The summed E-state index contributed by atoms with van der Waals surface area (Å²) < 4.78 is 51.4. The van der Waals surface area contributed by atoms with Crippen LogP contribution in [-0.2, 0) is 42.0 Å². The molecule has 1 aromatic heterocycles. The van der Waals surface area contributed by atoms with Crippen LogP contribution in [0.4, 0.5) is 8.78 Å². The van der Waals surface area contributed by atoms with Gasteiger partial charge in [0.2, 0.25) is 23.5 Å². The van der Waals surface area contributed by atoms with Gasteiger partial charge in [-0.25, -0.2) is 22.2 Å². The van der Waals surface area contributed by atoms with Crippen molar-refractivity contribution in [2.75, 3.05) is 12.0 Å². The van der Waals surface area contributed by atoms with Gasteiger partial charge >= 0.3 is 0 Å². The highest BCUT2D eigenvalue weighted by atomic mass is 32.2. The lowest BCUT2D eigenvalue weighted by Gasteiger charge is -2.29. The first kappa shape index (κ1) is 31.3. The van der Waals surface area contributed by atoms with Crippen LogP contribution in [0.1, 0.15) is 42.7 Å². The average molecular weight is 599 g/mol. The maximum atomic E-state index is 13.9. The van der Waals surface area contributed by atoms with Gasteiger partial charge in [-0.3, -0.25) is 19.2 Å². The molecule has 3 N–H and O–H groups in total. The van der Waals surface area contributed by atoms with E-state index in [0.717, 1.165) is 6.26 Å². The predicted molar refractivity (Wildman–Crippen MR) is 144 cm³/mol. The zero-order valence-electron chi connectivity index (χ0n) is 21.9. The van der Waals surface area contributed by atoms with Crippen LogP contribution in [0.2, 0.25) is 0 Å². The van der Waals surface area contributed by atoms with Gasteiger partial charge in [-0.2, -0.15) is 0 Å². The molecule has 1 saturated carbocycles. The number of sulfone groups is 1. The van der Waals surface area contributed by atoms with Gasteiger partial charge in [0.25, 0.3) is 5.91 Å². The van der Waals surface area contributed by atoms with E-state index < -0.39 is 69.4 Å². The Morgan fingerprint density at radius 1 is 1.12 bits per heavy atom. The maximum absolute atomic E-state index is 13.9. The lowest BCUT2D eigenvalue weighted by Crippen LogP contribution is -2.55. The Balaban J connectivity index is 1.76. The van der Waals surface area contributed by atoms with Gasteiger partial charge in [-0.05, 0) is 24.8 Å². The van der Waals surface area contributed by atoms with Crippen molar-refractivity contribution in [1.82, 2.24) is 20.9 Å². The van der Waals surface area contributed by atoms with Crippen LogP contribution < -0.4 is 16.0 Å². The molecule has 2 aromatic rings. The molecule has 1 aromatic carbocycles. The fourth-order valence-corrected chi connectivity index (χ4v) is 5.58. The summed E-state index contributed by atoms with van der Waals surface area (Å²) in [5, 5.41) is 9.64. The third-order valence-electron chi connectivity index (χ3n) is 6.44. The molecule has 0 bridgehead atoms. The summed E-state index contributed by atoms with van der Waals surface area (Å²) in [6.45, 7) is 0.00725. The number of halogens is 2. The van der Waals surface area contributed by atoms with Gasteiger partial charge in [0, 0.05) is 43.0 Å². The minimum Gasteiger partial charge on any atom is -0.344 e. The van der Waals surface area contributed by atoms with Crippen LogP contribution in [0, 0.1) is 5.92 Å². The minimum atomic E-state index is -3.55. The molecule has 1 fully saturated rings. The first-order valence-corrected chi connectivity index (χ1v) is 15.7. The molecule has 3 rings (SSSR count). The molecular weight excluding hydrogens is 566 g/mol. The normalized spacial score (nSPS) is 18.2. The van der Waals surface area contributed by atoms with Gasteiger partial charge in [0.05, 0.1) is 12.3 Å². The van der Waals surface area contributed by atoms with E-state index in [4.69, 9.17) is 0 Å². The van der Waals surface area contributed by atoms with Crippen LogP contribution in [0.25, 0.3) is 0 Å². The van der Waals surface area contributed by atoms with Crippen molar-refractivity contribution in [1.29, 1.82) is 0 Å². The Bertz CT molecular complexity index is 1290. The molecule has 1 heterocycles. The van der Waals surface area contributed by atoms with E-state index in [0.29, 0.717) is 10.6 Å². The summed E-state index contributed by atoms with van der Waals surface area (Å²) in [4.78, 5) is 56.0. The van der Waals surface area contributed by atoms with Crippen molar-refractivity contribution in [2.45, 2.75) is 63.1 Å². The number of nitrogens with zero attached hydrogens (tertiary/aromatic N) is 1. The summed E-state index contributed by atoms with van der Waals surface area (Å²) in [5.74, 6) is -8.13. The van der Waals surface area contributed by atoms with Crippen molar-refractivity contribution in [3.63, 3.8) is 0 Å². The fraction of sp³-hybridized carbons (Fsp3) is 0.500. The summed E-state index contributed by atoms with van der Waals surface area (Å²) in [6, 6.07) is 5.82. The molecule has 40 heavy (non-hydrogen) atoms. The highest BCUT2D eigenvalue weighted by molar-refractivity contribution is 7.90. The summed E-state index contributed by atoms with van der Waals surface area (Å²) in [6.07, 6.45) is 1.44. The van der Waals surface area contributed by atoms with E-state index in [1.54, 1.807) is 41.9 Å². The number of Topliss-reactive ketones (excluding diaryl/α,β-unsaturated/α-hetero) is 1. The van der Waals surface area contributed by atoms with E-state index in [1.807, 2.05) is 0 Å². The number of amides is 3. The van der Waals surface area contributed by atoms with E-state index in [1.165, 1.54) is 11.3 Å². The second-order valence-corrected chi connectivity index (χ2v) is 13.1. The van der Waals surface area contributed by atoms with Crippen LogP contribution in [0.5, 0.6) is 0 Å². The monoisotopic (exact) mass is 598 g/mol. The lowest BCUT2D eigenvalue weighted by atomic mass is 9.85. The molecule has 0 radical (unpaired) electrons. The Morgan fingerprint density at radius 2 is 1.85 bits per heavy atom. The Hall–Kier alpha value is -3.26. The van der Waals surface area contributed by atoms with Gasteiger partial charge in [0.15, 0.2) is 0 Å². The van der Waals surface area contributed by atoms with Crippen LogP contribution in [-0.4, -0.2) is 66.9 Å². The smallest absolute Gasteiger partial charge is 0.289 e. The number of ketones is 1. The number of rotatable bonds is 13. The second kappa shape index (κ2) is 13.9. The fourth-order valence-electron chi connectivity index (χ4n) is 4.36. The molecule has 0 spiro atoms. The predicted octanol–water partition coefficient (Wildman–Crippen LogP) is 1.80. The molecule has 14 heteroatoms. The van der Waals surface area contributed by atoms with Crippen molar-refractivity contribution in [3.05, 3.63) is 52.5 Å². The van der Waals surface area contributed by atoms with Crippen molar-refractivity contribution >= 4 is 44.7 Å². The molecule has 1 aliphatic rings. The quantitative estimate of drug-likeness (QED) is 0.298. The van der Waals surface area contributed by atoms with Crippen LogP contribution in [0.15, 0.2) is 41.9 Å². The summed E-state index contributed by atoms with van der Waals surface area (Å²) in [7, 11) is -3.55. The number of nitrogens with one attached hydrogen (secondary N) is 3.